The molecule has 3 heterocycles. The second kappa shape index (κ2) is 7.26. The third-order valence-corrected chi connectivity index (χ3v) is 6.25. The number of carboxylic acid groups (broad SMARTS) is 1. The molecule has 0 atom stereocenters. The predicted octanol–water partition coefficient (Wildman–Crippen LogP) is 3.88. The van der Waals surface area contributed by atoms with Gasteiger partial charge in [-0.1, -0.05) is 36.4 Å². The highest BCUT2D eigenvalue weighted by atomic mass is 32.1. The van der Waals surface area contributed by atoms with E-state index >= 15 is 0 Å². The van der Waals surface area contributed by atoms with E-state index in [0.29, 0.717) is 16.3 Å². The van der Waals surface area contributed by atoms with E-state index in [-0.39, 0.29) is 10.9 Å². The van der Waals surface area contributed by atoms with Crippen LogP contribution in [0.5, 0.6) is 0 Å². The number of hydrogen-bond donors (Lipinski definition) is 1. The van der Waals surface area contributed by atoms with E-state index < -0.39 is 11.4 Å². The Balaban J connectivity index is 1.80. The molecule has 0 saturated heterocycles. The van der Waals surface area contributed by atoms with Crippen LogP contribution in [0.2, 0.25) is 0 Å². The molecule has 0 radical (unpaired) electrons. The normalized spacial score (nSPS) is 11.7. The third kappa shape index (κ3) is 3.17. The van der Waals surface area contributed by atoms with Gasteiger partial charge in [-0.05, 0) is 31.8 Å². The number of aromatic carboxylic acids is 1. The van der Waals surface area contributed by atoms with Gasteiger partial charge < -0.3 is 10.0 Å². The number of thiazole rings is 1. The fourth-order valence-electron chi connectivity index (χ4n) is 3.75. The van der Waals surface area contributed by atoms with E-state index in [1.54, 1.807) is 4.40 Å². The van der Waals surface area contributed by atoms with Gasteiger partial charge in [-0.25, -0.2) is 14.8 Å². The maximum atomic E-state index is 13.0. The van der Waals surface area contributed by atoms with Gasteiger partial charge in [0.25, 0.3) is 0 Å². The van der Waals surface area contributed by atoms with Crippen LogP contribution in [-0.2, 0) is 6.54 Å². The Labute approximate surface area is 180 Å². The molecule has 1 N–H and O–H groups in total. The number of rotatable bonds is 4. The number of fused-ring (bicyclic) bond motifs is 5. The smallest absolute Gasteiger partial charge is 0.342 e. The molecule has 5 rings (SSSR count). The average Bonchev–Trinajstić information content (AvgIpc) is 3.12. The summed E-state index contributed by atoms with van der Waals surface area (Å²) < 4.78 is 2.64. The summed E-state index contributed by atoms with van der Waals surface area (Å²) in [6.45, 7) is 0.827. The Morgan fingerprint density at radius 3 is 2.58 bits per heavy atom. The molecule has 3 aromatic heterocycles. The zero-order valence-corrected chi connectivity index (χ0v) is 17.7. The van der Waals surface area contributed by atoms with Gasteiger partial charge in [0.15, 0.2) is 11.5 Å². The minimum absolute atomic E-state index is 0.187. The summed E-state index contributed by atoms with van der Waals surface area (Å²) in [5.74, 6) is -0.771. The SMILES string of the molecule is CN(C)Cc1ccc(-c2ncc3c(=O)c(C(=O)O)c4sc5ccccc5n4c3n2)cc1. The van der Waals surface area contributed by atoms with Gasteiger partial charge in [-0.3, -0.25) is 9.20 Å². The Hall–Kier alpha value is -3.62. The van der Waals surface area contributed by atoms with Crippen LogP contribution in [0.1, 0.15) is 15.9 Å². The van der Waals surface area contributed by atoms with Crippen molar-refractivity contribution in [2.45, 2.75) is 6.54 Å². The van der Waals surface area contributed by atoms with E-state index in [9.17, 15) is 14.7 Å². The minimum Gasteiger partial charge on any atom is -0.477 e. The molecule has 7 nitrogen and oxygen atoms in total. The number of nitrogens with zero attached hydrogens (tertiary/aromatic N) is 4. The van der Waals surface area contributed by atoms with Crippen molar-refractivity contribution in [2.75, 3.05) is 14.1 Å². The van der Waals surface area contributed by atoms with Crippen LogP contribution in [0.3, 0.4) is 0 Å². The highest BCUT2D eigenvalue weighted by molar-refractivity contribution is 7.24. The summed E-state index contributed by atoms with van der Waals surface area (Å²) in [4.78, 5) is 36.4. The van der Waals surface area contributed by atoms with Gasteiger partial charge in [0.05, 0.1) is 15.6 Å². The van der Waals surface area contributed by atoms with Crippen molar-refractivity contribution in [3.05, 3.63) is 76.1 Å². The zero-order chi connectivity index (χ0) is 21.7. The summed E-state index contributed by atoms with van der Waals surface area (Å²) in [6.07, 6.45) is 1.43. The van der Waals surface area contributed by atoms with E-state index in [4.69, 9.17) is 4.98 Å². The van der Waals surface area contributed by atoms with Crippen LogP contribution < -0.4 is 5.43 Å². The number of para-hydroxylation sites is 1. The quantitative estimate of drug-likeness (QED) is 0.466. The highest BCUT2D eigenvalue weighted by Crippen LogP contribution is 2.31. The summed E-state index contributed by atoms with van der Waals surface area (Å²) in [7, 11) is 4.03. The first-order valence-electron chi connectivity index (χ1n) is 9.64. The van der Waals surface area contributed by atoms with Crippen LogP contribution in [0, 0.1) is 0 Å². The Bertz CT molecular complexity index is 1530. The number of carboxylic acids is 1. The predicted molar refractivity (Wildman–Crippen MR) is 122 cm³/mol. The number of pyridine rings is 1. The van der Waals surface area contributed by atoms with Crippen molar-refractivity contribution < 1.29 is 9.90 Å². The molecule has 0 unspecified atom stereocenters. The van der Waals surface area contributed by atoms with Crippen LogP contribution in [-0.4, -0.2) is 44.4 Å². The summed E-state index contributed by atoms with van der Waals surface area (Å²) in [5, 5.41) is 9.90. The second-order valence-electron chi connectivity index (χ2n) is 7.59. The fraction of sp³-hybridized carbons (Fsp3) is 0.130. The molecular weight excluding hydrogens is 412 g/mol. The third-order valence-electron chi connectivity index (χ3n) is 5.11. The number of carbonyl (C=O) groups is 1. The van der Waals surface area contributed by atoms with Crippen LogP contribution in [0.25, 0.3) is 37.5 Å². The van der Waals surface area contributed by atoms with Gasteiger partial charge >= 0.3 is 5.97 Å². The lowest BCUT2D eigenvalue weighted by Gasteiger charge is -2.10. The minimum atomic E-state index is -1.25. The Morgan fingerprint density at radius 1 is 1.13 bits per heavy atom. The fourth-order valence-corrected chi connectivity index (χ4v) is 4.92. The zero-order valence-electron chi connectivity index (χ0n) is 16.9. The van der Waals surface area contributed by atoms with Crippen LogP contribution >= 0.6 is 11.3 Å². The standard InChI is InChI=1S/C23H18N4O3S/c1-26(2)12-13-7-9-14(10-8-13)20-24-11-15-19(28)18(23(29)30)22-27(21(15)25-20)16-5-3-4-6-17(16)31-22/h3-11H,12H2,1-2H3,(H,29,30). The molecule has 0 aliphatic rings. The molecule has 31 heavy (non-hydrogen) atoms. The van der Waals surface area contributed by atoms with E-state index in [1.165, 1.54) is 23.1 Å². The van der Waals surface area contributed by atoms with Gasteiger partial charge in [-0.2, -0.15) is 0 Å². The Kier molecular flexibility index (Phi) is 4.53. The molecule has 0 fully saturated rings. The molecule has 0 spiro atoms. The molecule has 0 saturated carbocycles. The molecular formula is C23H18N4O3S. The van der Waals surface area contributed by atoms with Crippen LogP contribution in [0.15, 0.2) is 59.5 Å². The lowest BCUT2D eigenvalue weighted by atomic mass is 10.1. The monoisotopic (exact) mass is 430 g/mol. The number of hydrogen-bond acceptors (Lipinski definition) is 6. The molecule has 0 bridgehead atoms. The van der Waals surface area contributed by atoms with Crippen molar-refractivity contribution in [3.8, 4) is 11.4 Å². The Morgan fingerprint density at radius 2 is 1.87 bits per heavy atom. The second-order valence-corrected chi connectivity index (χ2v) is 8.62. The summed E-state index contributed by atoms with van der Waals surface area (Å²) in [6, 6.07) is 15.5. The van der Waals surface area contributed by atoms with Gasteiger partial charge in [0.2, 0.25) is 5.43 Å². The maximum absolute atomic E-state index is 13.0. The van der Waals surface area contributed by atoms with Gasteiger partial charge in [-0.15, -0.1) is 11.3 Å². The maximum Gasteiger partial charge on any atom is 0.342 e. The van der Waals surface area contributed by atoms with Crippen molar-refractivity contribution >= 4 is 43.4 Å². The highest BCUT2D eigenvalue weighted by Gasteiger charge is 2.22. The molecule has 0 aliphatic carbocycles. The molecule has 0 aliphatic heterocycles. The van der Waals surface area contributed by atoms with Crippen molar-refractivity contribution in [3.63, 3.8) is 0 Å². The van der Waals surface area contributed by atoms with Crippen molar-refractivity contribution in [1.82, 2.24) is 19.3 Å². The van der Waals surface area contributed by atoms with E-state index in [0.717, 1.165) is 22.3 Å². The summed E-state index contributed by atoms with van der Waals surface area (Å²) in [5.41, 5.74) is 2.39. The lowest BCUT2D eigenvalue weighted by molar-refractivity contribution is 0.0697. The first kappa shape index (κ1) is 19.3. The average molecular weight is 430 g/mol. The largest absolute Gasteiger partial charge is 0.477 e. The molecule has 0 amide bonds. The number of benzene rings is 2. The van der Waals surface area contributed by atoms with Gasteiger partial charge in [0.1, 0.15) is 10.4 Å². The van der Waals surface area contributed by atoms with Crippen molar-refractivity contribution in [1.29, 1.82) is 0 Å². The van der Waals surface area contributed by atoms with Crippen LogP contribution in [0.4, 0.5) is 0 Å². The van der Waals surface area contributed by atoms with Gasteiger partial charge in [0, 0.05) is 18.3 Å². The molecule has 5 aromatic rings. The van der Waals surface area contributed by atoms with E-state index in [2.05, 4.69) is 9.88 Å². The topological polar surface area (TPSA) is 87.8 Å². The van der Waals surface area contributed by atoms with Crippen molar-refractivity contribution in [2.24, 2.45) is 0 Å². The lowest BCUT2D eigenvalue weighted by Crippen LogP contribution is -2.18. The molecule has 2 aromatic carbocycles. The first-order chi connectivity index (χ1) is 14.9. The molecule has 8 heteroatoms. The molecule has 154 valence electrons. The summed E-state index contributed by atoms with van der Waals surface area (Å²) >= 11 is 1.27. The first-order valence-corrected chi connectivity index (χ1v) is 10.5. The number of aromatic nitrogens is 3. The van der Waals surface area contributed by atoms with E-state index in [1.807, 2.05) is 62.6 Å².